The van der Waals surface area contributed by atoms with E-state index >= 15 is 0 Å². The first-order valence-electron chi connectivity index (χ1n) is 7.74. The van der Waals surface area contributed by atoms with Crippen LogP contribution in [0.4, 0.5) is 14.9 Å². The zero-order valence-corrected chi connectivity index (χ0v) is 13.8. The number of hydrogen-bond acceptors (Lipinski definition) is 2. The Hall–Kier alpha value is -2.01. The van der Waals surface area contributed by atoms with Gasteiger partial charge in [-0.25, -0.2) is 9.18 Å². The Balaban J connectivity index is 1.67. The Morgan fingerprint density at radius 1 is 1.26 bits per heavy atom. The standard InChI is InChI=1S/C18H19FN2OS/c1-2-12-3-6-14(7-4-12)20-18(22)21-16-9-10-23-17-8-5-13(19)11-15(16)17/h3-8,11,16H,2,9-10H2,1H3,(H2,20,21,22). The highest BCUT2D eigenvalue weighted by Crippen LogP contribution is 2.36. The molecule has 120 valence electrons. The van der Waals surface area contributed by atoms with E-state index in [9.17, 15) is 9.18 Å². The van der Waals surface area contributed by atoms with E-state index in [0.717, 1.165) is 34.7 Å². The molecule has 2 amide bonds. The smallest absolute Gasteiger partial charge is 0.319 e. The van der Waals surface area contributed by atoms with Crippen molar-refractivity contribution in [3.05, 3.63) is 59.4 Å². The first-order chi connectivity index (χ1) is 11.2. The number of aryl methyl sites for hydroxylation is 1. The number of carbonyl (C=O) groups is 1. The fourth-order valence-corrected chi connectivity index (χ4v) is 3.77. The molecular weight excluding hydrogens is 311 g/mol. The molecule has 0 fully saturated rings. The van der Waals surface area contributed by atoms with Gasteiger partial charge in [0.15, 0.2) is 0 Å². The number of amides is 2. The summed E-state index contributed by atoms with van der Waals surface area (Å²) in [6.45, 7) is 2.09. The molecule has 1 aliphatic heterocycles. The minimum atomic E-state index is -0.270. The number of nitrogens with one attached hydrogen (secondary N) is 2. The average molecular weight is 330 g/mol. The van der Waals surface area contributed by atoms with Gasteiger partial charge in [-0.05, 0) is 54.3 Å². The van der Waals surface area contributed by atoms with Crippen molar-refractivity contribution in [2.24, 2.45) is 0 Å². The molecule has 0 bridgehead atoms. The summed E-state index contributed by atoms with van der Waals surface area (Å²) >= 11 is 1.70. The van der Waals surface area contributed by atoms with Crippen LogP contribution in [-0.2, 0) is 6.42 Å². The van der Waals surface area contributed by atoms with Crippen molar-refractivity contribution in [1.29, 1.82) is 0 Å². The normalized spacial score (nSPS) is 16.5. The van der Waals surface area contributed by atoms with Gasteiger partial charge in [-0.3, -0.25) is 0 Å². The zero-order valence-electron chi connectivity index (χ0n) is 12.9. The summed E-state index contributed by atoms with van der Waals surface area (Å²) in [5.74, 6) is 0.642. The van der Waals surface area contributed by atoms with Crippen molar-refractivity contribution >= 4 is 23.5 Å². The minimum Gasteiger partial charge on any atom is -0.331 e. The van der Waals surface area contributed by atoms with Crippen LogP contribution < -0.4 is 10.6 Å². The summed E-state index contributed by atoms with van der Waals surface area (Å²) in [5.41, 5.74) is 2.84. The number of urea groups is 1. The van der Waals surface area contributed by atoms with Gasteiger partial charge in [0.2, 0.25) is 0 Å². The second-order valence-electron chi connectivity index (χ2n) is 5.52. The van der Waals surface area contributed by atoms with Crippen molar-refractivity contribution in [2.75, 3.05) is 11.1 Å². The molecule has 2 N–H and O–H groups in total. The molecule has 0 saturated heterocycles. The molecule has 0 saturated carbocycles. The molecule has 2 aromatic rings. The number of fused-ring (bicyclic) bond motifs is 1. The van der Waals surface area contributed by atoms with Crippen LogP contribution in [0.5, 0.6) is 0 Å². The van der Waals surface area contributed by atoms with Crippen LogP contribution in [0.3, 0.4) is 0 Å². The van der Waals surface area contributed by atoms with E-state index in [4.69, 9.17) is 0 Å². The molecule has 0 aliphatic carbocycles. The molecule has 2 aromatic carbocycles. The SMILES string of the molecule is CCc1ccc(NC(=O)NC2CCSc3ccc(F)cc32)cc1. The Morgan fingerprint density at radius 2 is 2.04 bits per heavy atom. The average Bonchev–Trinajstić information content (AvgIpc) is 2.56. The lowest BCUT2D eigenvalue weighted by molar-refractivity contribution is 0.248. The number of halogens is 1. The van der Waals surface area contributed by atoms with Gasteiger partial charge in [0, 0.05) is 16.3 Å². The monoisotopic (exact) mass is 330 g/mol. The second-order valence-corrected chi connectivity index (χ2v) is 6.66. The van der Waals surface area contributed by atoms with Gasteiger partial charge in [-0.15, -0.1) is 11.8 Å². The molecule has 0 aromatic heterocycles. The number of anilines is 1. The van der Waals surface area contributed by atoms with Crippen LogP contribution >= 0.6 is 11.8 Å². The van der Waals surface area contributed by atoms with Gasteiger partial charge >= 0.3 is 6.03 Å². The third-order valence-electron chi connectivity index (χ3n) is 3.94. The highest BCUT2D eigenvalue weighted by molar-refractivity contribution is 7.99. The lowest BCUT2D eigenvalue weighted by Crippen LogP contribution is -2.34. The minimum absolute atomic E-state index is 0.156. The number of benzene rings is 2. The van der Waals surface area contributed by atoms with Crippen LogP contribution in [0.15, 0.2) is 47.4 Å². The number of hydrogen-bond donors (Lipinski definition) is 2. The molecular formula is C18H19FN2OS. The van der Waals surface area contributed by atoms with Crippen LogP contribution in [0.1, 0.15) is 30.5 Å². The highest BCUT2D eigenvalue weighted by atomic mass is 32.2. The van der Waals surface area contributed by atoms with Crippen LogP contribution in [0.25, 0.3) is 0 Å². The van der Waals surface area contributed by atoms with Gasteiger partial charge in [0.05, 0.1) is 6.04 Å². The van der Waals surface area contributed by atoms with E-state index < -0.39 is 0 Å². The zero-order chi connectivity index (χ0) is 16.2. The maximum Gasteiger partial charge on any atom is 0.319 e. The third kappa shape index (κ3) is 3.85. The lowest BCUT2D eigenvalue weighted by Gasteiger charge is -2.26. The van der Waals surface area contributed by atoms with Gasteiger partial charge < -0.3 is 10.6 Å². The highest BCUT2D eigenvalue weighted by Gasteiger charge is 2.22. The van der Waals surface area contributed by atoms with Crippen LogP contribution in [0, 0.1) is 5.82 Å². The number of rotatable bonds is 3. The summed E-state index contributed by atoms with van der Waals surface area (Å²) in [5, 5.41) is 5.78. The summed E-state index contributed by atoms with van der Waals surface area (Å²) in [7, 11) is 0. The molecule has 3 nitrogen and oxygen atoms in total. The topological polar surface area (TPSA) is 41.1 Å². The summed E-state index contributed by atoms with van der Waals surface area (Å²) in [6, 6.07) is 12.1. The maximum absolute atomic E-state index is 13.5. The predicted molar refractivity (Wildman–Crippen MR) is 92.5 cm³/mol. The fraction of sp³-hybridized carbons (Fsp3) is 0.278. The van der Waals surface area contributed by atoms with Gasteiger partial charge in [0.25, 0.3) is 0 Å². The molecule has 1 aliphatic rings. The van der Waals surface area contributed by atoms with Crippen molar-refractivity contribution in [1.82, 2.24) is 5.32 Å². The first-order valence-corrected chi connectivity index (χ1v) is 8.73. The Morgan fingerprint density at radius 3 is 2.78 bits per heavy atom. The van der Waals surface area contributed by atoms with E-state index in [2.05, 4.69) is 17.6 Å². The van der Waals surface area contributed by atoms with Crippen molar-refractivity contribution in [3.63, 3.8) is 0 Å². The van der Waals surface area contributed by atoms with Crippen molar-refractivity contribution in [2.45, 2.75) is 30.7 Å². The summed E-state index contributed by atoms with van der Waals surface area (Å²) < 4.78 is 13.5. The molecule has 0 radical (unpaired) electrons. The van der Waals surface area contributed by atoms with Gasteiger partial charge in [-0.2, -0.15) is 0 Å². The van der Waals surface area contributed by atoms with E-state index in [1.54, 1.807) is 17.8 Å². The molecule has 0 spiro atoms. The second kappa shape index (κ2) is 7.04. The quantitative estimate of drug-likeness (QED) is 0.853. The van der Waals surface area contributed by atoms with Crippen LogP contribution in [0.2, 0.25) is 0 Å². The Labute approximate surface area is 139 Å². The fourth-order valence-electron chi connectivity index (χ4n) is 2.66. The molecule has 23 heavy (non-hydrogen) atoms. The van der Waals surface area contributed by atoms with Crippen LogP contribution in [-0.4, -0.2) is 11.8 Å². The summed E-state index contributed by atoms with van der Waals surface area (Å²) in [6.07, 6.45) is 1.76. The number of carbonyl (C=O) groups excluding carboxylic acids is 1. The lowest BCUT2D eigenvalue weighted by atomic mass is 10.0. The molecule has 1 heterocycles. The Kier molecular flexibility index (Phi) is 4.86. The van der Waals surface area contributed by atoms with E-state index in [0.29, 0.717) is 0 Å². The third-order valence-corrected chi connectivity index (χ3v) is 5.06. The Bertz CT molecular complexity index is 703. The predicted octanol–water partition coefficient (Wildman–Crippen LogP) is 4.75. The van der Waals surface area contributed by atoms with Crippen molar-refractivity contribution < 1.29 is 9.18 Å². The van der Waals surface area contributed by atoms with Gasteiger partial charge in [0.1, 0.15) is 5.82 Å². The van der Waals surface area contributed by atoms with Gasteiger partial charge in [-0.1, -0.05) is 19.1 Å². The summed E-state index contributed by atoms with van der Waals surface area (Å²) in [4.78, 5) is 13.2. The largest absolute Gasteiger partial charge is 0.331 e. The maximum atomic E-state index is 13.5. The first kappa shape index (κ1) is 15.9. The molecule has 3 rings (SSSR count). The molecule has 5 heteroatoms. The molecule has 1 atom stereocenters. The van der Waals surface area contributed by atoms with E-state index in [1.165, 1.54) is 17.7 Å². The molecule has 1 unspecified atom stereocenters. The van der Waals surface area contributed by atoms with E-state index in [-0.39, 0.29) is 17.9 Å². The van der Waals surface area contributed by atoms with E-state index in [1.807, 2.05) is 24.3 Å². The number of thioether (sulfide) groups is 1. The van der Waals surface area contributed by atoms with Crippen molar-refractivity contribution in [3.8, 4) is 0 Å².